The average Bonchev–Trinajstić information content (AvgIpc) is 3.02. The SMILES string of the molecule is COC1CC(CC(=O)O)N(C(=O)c2cc(C(C)(C)C)on2)C1. The summed E-state index contributed by atoms with van der Waals surface area (Å²) < 4.78 is 10.5. The Kier molecular flexibility index (Phi) is 4.55. The van der Waals surface area contributed by atoms with Crippen LogP contribution in [-0.2, 0) is 14.9 Å². The summed E-state index contributed by atoms with van der Waals surface area (Å²) in [6.45, 7) is 6.26. The molecule has 0 spiro atoms. The standard InChI is InChI=1S/C15H22N2O5/c1-15(2,3)12-7-11(16-22-12)14(20)17-8-10(21-4)5-9(17)6-13(18)19/h7,9-10H,5-6,8H2,1-4H3,(H,18,19). The van der Waals surface area contributed by atoms with Gasteiger partial charge in [-0.3, -0.25) is 9.59 Å². The molecule has 1 fully saturated rings. The van der Waals surface area contributed by atoms with Crippen molar-refractivity contribution in [3.63, 3.8) is 0 Å². The molecule has 22 heavy (non-hydrogen) atoms. The van der Waals surface area contributed by atoms with E-state index < -0.39 is 5.97 Å². The molecule has 1 aromatic heterocycles. The van der Waals surface area contributed by atoms with Crippen LogP contribution in [0.15, 0.2) is 10.6 Å². The highest BCUT2D eigenvalue weighted by molar-refractivity contribution is 5.93. The predicted octanol–water partition coefficient (Wildman–Crippen LogP) is 1.68. The average molecular weight is 310 g/mol. The molecule has 1 aromatic rings. The van der Waals surface area contributed by atoms with E-state index in [9.17, 15) is 9.59 Å². The van der Waals surface area contributed by atoms with Gasteiger partial charge in [0.25, 0.3) is 5.91 Å². The van der Waals surface area contributed by atoms with E-state index in [1.54, 1.807) is 13.2 Å². The smallest absolute Gasteiger partial charge is 0.305 e. The third kappa shape index (κ3) is 3.47. The lowest BCUT2D eigenvalue weighted by Gasteiger charge is -2.21. The first kappa shape index (κ1) is 16.5. The fourth-order valence-corrected chi connectivity index (χ4v) is 2.56. The zero-order valence-corrected chi connectivity index (χ0v) is 13.3. The van der Waals surface area contributed by atoms with E-state index in [1.807, 2.05) is 20.8 Å². The van der Waals surface area contributed by atoms with Gasteiger partial charge in [-0.25, -0.2) is 0 Å². The predicted molar refractivity (Wildman–Crippen MR) is 77.7 cm³/mol. The molecule has 0 aromatic carbocycles. The quantitative estimate of drug-likeness (QED) is 0.909. The molecule has 1 aliphatic heterocycles. The molecule has 2 atom stereocenters. The summed E-state index contributed by atoms with van der Waals surface area (Å²) in [6.07, 6.45) is 0.260. The van der Waals surface area contributed by atoms with Crippen LogP contribution in [0, 0.1) is 0 Å². The number of carboxylic acids is 1. The van der Waals surface area contributed by atoms with E-state index in [2.05, 4.69) is 5.16 Å². The number of hydrogen-bond acceptors (Lipinski definition) is 5. The van der Waals surface area contributed by atoms with Crippen molar-refractivity contribution in [2.75, 3.05) is 13.7 Å². The summed E-state index contributed by atoms with van der Waals surface area (Å²) in [5, 5.41) is 12.8. The first-order valence-corrected chi connectivity index (χ1v) is 7.25. The van der Waals surface area contributed by atoms with Gasteiger partial charge in [0.15, 0.2) is 5.69 Å². The molecule has 0 aliphatic carbocycles. The first-order valence-electron chi connectivity index (χ1n) is 7.25. The van der Waals surface area contributed by atoms with Crippen molar-refractivity contribution in [2.24, 2.45) is 0 Å². The molecule has 7 nitrogen and oxygen atoms in total. The third-order valence-corrected chi connectivity index (χ3v) is 3.85. The van der Waals surface area contributed by atoms with Crippen molar-refractivity contribution < 1.29 is 24.0 Å². The van der Waals surface area contributed by atoms with Crippen LogP contribution in [0.3, 0.4) is 0 Å². The second kappa shape index (κ2) is 6.08. The molecule has 1 aliphatic rings. The normalized spacial score (nSPS) is 22.1. The molecule has 2 rings (SSSR count). The largest absolute Gasteiger partial charge is 0.481 e. The van der Waals surface area contributed by atoms with Gasteiger partial charge in [-0.2, -0.15) is 0 Å². The number of rotatable bonds is 4. The number of likely N-dealkylation sites (tertiary alicyclic amines) is 1. The Morgan fingerprint density at radius 1 is 1.50 bits per heavy atom. The molecule has 1 saturated heterocycles. The molecule has 2 unspecified atom stereocenters. The lowest BCUT2D eigenvalue weighted by molar-refractivity contribution is -0.138. The van der Waals surface area contributed by atoms with Gasteiger partial charge in [-0.1, -0.05) is 25.9 Å². The highest BCUT2D eigenvalue weighted by Gasteiger charge is 2.38. The summed E-state index contributed by atoms with van der Waals surface area (Å²) in [5.74, 6) is -0.631. The van der Waals surface area contributed by atoms with Gasteiger partial charge in [0.2, 0.25) is 0 Å². The van der Waals surface area contributed by atoms with Crippen LogP contribution in [0.25, 0.3) is 0 Å². The first-order chi connectivity index (χ1) is 10.2. The Hall–Kier alpha value is -1.89. The second-order valence-electron chi connectivity index (χ2n) is 6.63. The molecule has 0 bridgehead atoms. The number of hydrogen-bond donors (Lipinski definition) is 1. The van der Waals surface area contributed by atoms with Crippen molar-refractivity contribution in [1.29, 1.82) is 0 Å². The number of methoxy groups -OCH3 is 1. The molecular formula is C15H22N2O5. The number of carboxylic acid groups (broad SMARTS) is 1. The van der Waals surface area contributed by atoms with Crippen LogP contribution in [0.5, 0.6) is 0 Å². The Morgan fingerprint density at radius 2 is 2.18 bits per heavy atom. The fraction of sp³-hybridized carbons (Fsp3) is 0.667. The van der Waals surface area contributed by atoms with Gasteiger partial charge in [-0.15, -0.1) is 0 Å². The third-order valence-electron chi connectivity index (χ3n) is 3.85. The summed E-state index contributed by atoms with van der Waals surface area (Å²) in [7, 11) is 1.56. The van der Waals surface area contributed by atoms with Gasteiger partial charge in [0.05, 0.1) is 12.5 Å². The molecular weight excluding hydrogens is 288 g/mol. The summed E-state index contributed by atoms with van der Waals surface area (Å²) >= 11 is 0. The number of carbonyl (C=O) groups excluding carboxylic acids is 1. The molecule has 7 heteroatoms. The minimum absolute atomic E-state index is 0.102. The van der Waals surface area contributed by atoms with Crippen LogP contribution < -0.4 is 0 Å². The van der Waals surface area contributed by atoms with Crippen molar-refractivity contribution in [3.8, 4) is 0 Å². The van der Waals surface area contributed by atoms with E-state index in [0.29, 0.717) is 18.7 Å². The van der Waals surface area contributed by atoms with Gasteiger partial charge >= 0.3 is 5.97 Å². The molecule has 2 heterocycles. The fourth-order valence-electron chi connectivity index (χ4n) is 2.56. The lowest BCUT2D eigenvalue weighted by atomic mass is 9.93. The molecule has 0 saturated carbocycles. The Morgan fingerprint density at radius 3 is 2.68 bits per heavy atom. The monoisotopic (exact) mass is 310 g/mol. The Balaban J connectivity index is 2.19. The number of carbonyl (C=O) groups is 2. The van der Waals surface area contributed by atoms with Crippen LogP contribution >= 0.6 is 0 Å². The van der Waals surface area contributed by atoms with Gasteiger partial charge < -0.3 is 19.3 Å². The highest BCUT2D eigenvalue weighted by Crippen LogP contribution is 2.27. The molecule has 122 valence electrons. The van der Waals surface area contributed by atoms with Crippen LogP contribution in [0.1, 0.15) is 49.9 Å². The zero-order chi connectivity index (χ0) is 16.5. The van der Waals surface area contributed by atoms with E-state index in [0.717, 1.165) is 0 Å². The van der Waals surface area contributed by atoms with Gasteiger partial charge in [0, 0.05) is 31.2 Å². The van der Waals surface area contributed by atoms with Crippen LogP contribution in [-0.4, -0.2) is 52.8 Å². The summed E-state index contributed by atoms with van der Waals surface area (Å²) in [5.41, 5.74) is -0.0384. The number of aromatic nitrogens is 1. The van der Waals surface area contributed by atoms with Gasteiger partial charge in [0.1, 0.15) is 5.76 Å². The maximum atomic E-state index is 12.6. The molecule has 1 amide bonds. The van der Waals surface area contributed by atoms with E-state index in [4.69, 9.17) is 14.4 Å². The zero-order valence-electron chi connectivity index (χ0n) is 13.3. The Labute approximate surface area is 129 Å². The van der Waals surface area contributed by atoms with E-state index >= 15 is 0 Å². The van der Waals surface area contributed by atoms with Crippen molar-refractivity contribution in [2.45, 2.75) is 51.2 Å². The van der Waals surface area contributed by atoms with Crippen molar-refractivity contribution in [1.82, 2.24) is 10.1 Å². The number of nitrogens with zero attached hydrogens (tertiary/aromatic N) is 2. The summed E-state index contributed by atoms with van der Waals surface area (Å²) in [6, 6.07) is 1.24. The minimum atomic E-state index is -0.935. The topological polar surface area (TPSA) is 92.9 Å². The number of aliphatic carboxylic acids is 1. The highest BCUT2D eigenvalue weighted by atomic mass is 16.5. The number of ether oxygens (including phenoxy) is 1. The van der Waals surface area contributed by atoms with Gasteiger partial charge in [-0.05, 0) is 6.42 Å². The van der Waals surface area contributed by atoms with Crippen molar-refractivity contribution in [3.05, 3.63) is 17.5 Å². The maximum Gasteiger partial charge on any atom is 0.305 e. The summed E-state index contributed by atoms with van der Waals surface area (Å²) in [4.78, 5) is 25.1. The minimum Gasteiger partial charge on any atom is -0.481 e. The molecule has 1 N–H and O–H groups in total. The van der Waals surface area contributed by atoms with Crippen LogP contribution in [0.2, 0.25) is 0 Å². The van der Waals surface area contributed by atoms with E-state index in [1.165, 1.54) is 4.90 Å². The Bertz CT molecular complexity index is 561. The van der Waals surface area contributed by atoms with Crippen LogP contribution in [0.4, 0.5) is 0 Å². The number of amides is 1. The maximum absolute atomic E-state index is 12.6. The van der Waals surface area contributed by atoms with E-state index in [-0.39, 0.29) is 35.6 Å². The molecule has 0 radical (unpaired) electrons. The second-order valence-corrected chi connectivity index (χ2v) is 6.63. The van der Waals surface area contributed by atoms with Crippen molar-refractivity contribution >= 4 is 11.9 Å². The lowest BCUT2D eigenvalue weighted by Crippen LogP contribution is -2.37.